The first-order valence-electron chi connectivity index (χ1n) is 4.41. The molecule has 10 heteroatoms. The molecule has 0 unspecified atom stereocenters. The van der Waals surface area contributed by atoms with Crippen LogP contribution < -0.4 is 5.56 Å². The van der Waals surface area contributed by atoms with Gasteiger partial charge in [0.1, 0.15) is 0 Å². The molecule has 1 N–H and O–H groups in total. The summed E-state index contributed by atoms with van der Waals surface area (Å²) < 4.78 is 22.5. The lowest BCUT2D eigenvalue weighted by molar-refractivity contribution is -0.387. The van der Waals surface area contributed by atoms with Crippen molar-refractivity contribution in [3.8, 4) is 0 Å². The summed E-state index contributed by atoms with van der Waals surface area (Å²) in [6.45, 7) is 0. The Hall–Kier alpha value is -2.00. The van der Waals surface area contributed by atoms with Gasteiger partial charge in [0.25, 0.3) is 20.3 Å². The lowest BCUT2D eigenvalue weighted by atomic mass is 10.2. The maximum atomic E-state index is 11.4. The zero-order valence-electron chi connectivity index (χ0n) is 8.45. The summed E-state index contributed by atoms with van der Waals surface area (Å²) in [5.41, 5.74) is -1.37. The van der Waals surface area contributed by atoms with Gasteiger partial charge in [-0.05, 0) is 6.07 Å². The van der Waals surface area contributed by atoms with Crippen LogP contribution in [0.5, 0.6) is 0 Å². The van der Waals surface area contributed by atoms with Crippen LogP contribution in [0.3, 0.4) is 0 Å². The van der Waals surface area contributed by atoms with Crippen molar-refractivity contribution in [2.75, 3.05) is 0 Å². The number of benzene rings is 1. The minimum absolute atomic E-state index is 0.00331. The molecule has 0 aliphatic rings. The molecule has 8 nitrogen and oxygen atoms in total. The molecule has 1 aromatic heterocycles. The van der Waals surface area contributed by atoms with Gasteiger partial charge in [-0.1, -0.05) is 0 Å². The second-order valence-corrected chi connectivity index (χ2v) is 5.80. The van der Waals surface area contributed by atoms with E-state index in [2.05, 4.69) is 9.97 Å². The fraction of sp³-hybridized carbons (Fsp3) is 0. The Labute approximate surface area is 104 Å². The predicted molar refractivity (Wildman–Crippen MR) is 62.1 cm³/mol. The molecule has 0 amide bonds. The van der Waals surface area contributed by atoms with Crippen molar-refractivity contribution in [3.63, 3.8) is 0 Å². The molecule has 0 spiro atoms. The van der Waals surface area contributed by atoms with E-state index in [4.69, 9.17) is 10.7 Å². The third kappa shape index (κ3) is 2.05. The van der Waals surface area contributed by atoms with Crippen LogP contribution in [0.25, 0.3) is 10.9 Å². The molecule has 0 bridgehead atoms. The summed E-state index contributed by atoms with van der Waals surface area (Å²) in [5.74, 6) is 0. The molecule has 0 radical (unpaired) electrons. The summed E-state index contributed by atoms with van der Waals surface area (Å²) >= 11 is 0. The Bertz CT molecular complexity index is 813. The SMILES string of the molecule is O=c1[nH]cnc2cc(S(=O)(=O)Cl)c([N+](=O)[O-])cc12. The van der Waals surface area contributed by atoms with Crippen LogP contribution in [-0.4, -0.2) is 23.3 Å². The third-order valence-corrected chi connectivity index (χ3v) is 3.53. The van der Waals surface area contributed by atoms with Gasteiger partial charge in [-0.15, -0.1) is 0 Å². The highest BCUT2D eigenvalue weighted by atomic mass is 35.7. The van der Waals surface area contributed by atoms with Crippen LogP contribution in [0, 0.1) is 10.1 Å². The number of aromatic nitrogens is 2. The predicted octanol–water partition coefficient (Wildman–Crippen LogP) is 0.759. The van der Waals surface area contributed by atoms with E-state index in [9.17, 15) is 23.3 Å². The molecule has 1 heterocycles. The summed E-state index contributed by atoms with van der Waals surface area (Å²) in [6.07, 6.45) is 1.06. The minimum atomic E-state index is -4.30. The molecular formula is C8H4ClN3O5S. The largest absolute Gasteiger partial charge is 0.313 e. The van der Waals surface area contributed by atoms with E-state index in [-0.39, 0.29) is 10.9 Å². The molecule has 1 aromatic carbocycles. The highest BCUT2D eigenvalue weighted by Gasteiger charge is 2.25. The van der Waals surface area contributed by atoms with Crippen molar-refractivity contribution in [2.24, 2.45) is 0 Å². The van der Waals surface area contributed by atoms with Crippen molar-refractivity contribution >= 4 is 36.3 Å². The number of halogens is 1. The van der Waals surface area contributed by atoms with E-state index in [0.717, 1.165) is 18.5 Å². The summed E-state index contributed by atoms with van der Waals surface area (Å²) in [5, 5.41) is 10.7. The average Bonchev–Trinajstić information content (AvgIpc) is 2.26. The number of H-pyrrole nitrogens is 1. The van der Waals surface area contributed by atoms with Gasteiger partial charge in [-0.3, -0.25) is 14.9 Å². The van der Waals surface area contributed by atoms with Gasteiger partial charge in [-0.2, -0.15) is 0 Å². The van der Waals surface area contributed by atoms with Crippen LogP contribution >= 0.6 is 10.7 Å². The first kappa shape index (κ1) is 12.5. The first-order chi connectivity index (χ1) is 8.30. The van der Waals surface area contributed by atoms with Crippen molar-refractivity contribution in [3.05, 3.63) is 38.9 Å². The number of nitrogens with zero attached hydrogens (tertiary/aromatic N) is 2. The Morgan fingerprint density at radius 1 is 1.39 bits per heavy atom. The van der Waals surface area contributed by atoms with Crippen molar-refractivity contribution in [1.29, 1.82) is 0 Å². The van der Waals surface area contributed by atoms with Gasteiger partial charge in [-0.25, -0.2) is 13.4 Å². The van der Waals surface area contributed by atoms with Gasteiger partial charge < -0.3 is 4.98 Å². The van der Waals surface area contributed by atoms with Crippen molar-refractivity contribution in [2.45, 2.75) is 4.90 Å². The first-order valence-corrected chi connectivity index (χ1v) is 6.72. The van der Waals surface area contributed by atoms with Crippen molar-refractivity contribution < 1.29 is 13.3 Å². The molecule has 0 aliphatic carbocycles. The van der Waals surface area contributed by atoms with Crippen LogP contribution in [0.2, 0.25) is 0 Å². The van der Waals surface area contributed by atoms with E-state index in [1.165, 1.54) is 0 Å². The summed E-state index contributed by atoms with van der Waals surface area (Å²) in [6, 6.07) is 1.72. The minimum Gasteiger partial charge on any atom is -0.313 e. The Morgan fingerprint density at radius 3 is 2.61 bits per heavy atom. The van der Waals surface area contributed by atoms with Crippen LogP contribution in [0.4, 0.5) is 5.69 Å². The lowest BCUT2D eigenvalue weighted by Crippen LogP contribution is -2.08. The monoisotopic (exact) mass is 289 g/mol. The zero-order chi connectivity index (χ0) is 13.5. The molecule has 0 saturated carbocycles. The number of fused-ring (bicyclic) bond motifs is 1. The van der Waals surface area contributed by atoms with Gasteiger partial charge in [0.05, 0.1) is 22.2 Å². The van der Waals surface area contributed by atoms with Crippen LogP contribution in [0.1, 0.15) is 0 Å². The standard InChI is InChI=1S/C8H4ClN3O5S/c9-18(16,17)7-2-5-4(1-6(7)12(14)15)8(13)11-3-10-5/h1-3H,(H,10,11,13). The summed E-state index contributed by atoms with van der Waals surface area (Å²) in [4.78, 5) is 26.5. The number of nitro groups is 1. The van der Waals surface area contributed by atoms with E-state index in [1.54, 1.807) is 0 Å². The number of aromatic amines is 1. The second kappa shape index (κ2) is 4.03. The smallest absolute Gasteiger partial charge is 0.290 e. The number of nitrogens with one attached hydrogen (secondary N) is 1. The number of rotatable bonds is 2. The average molecular weight is 290 g/mol. The van der Waals surface area contributed by atoms with Gasteiger partial charge >= 0.3 is 0 Å². The van der Waals surface area contributed by atoms with Crippen LogP contribution in [0.15, 0.2) is 28.2 Å². The highest BCUT2D eigenvalue weighted by molar-refractivity contribution is 8.13. The Morgan fingerprint density at radius 2 is 2.06 bits per heavy atom. The fourth-order valence-electron chi connectivity index (χ4n) is 1.42. The molecule has 2 aromatic rings. The van der Waals surface area contributed by atoms with Crippen LogP contribution in [-0.2, 0) is 9.05 Å². The molecule has 2 rings (SSSR count). The van der Waals surface area contributed by atoms with Crippen molar-refractivity contribution in [1.82, 2.24) is 9.97 Å². The molecule has 0 aliphatic heterocycles. The van der Waals surface area contributed by atoms with Gasteiger partial charge in [0, 0.05) is 16.7 Å². The Balaban J connectivity index is 3.00. The second-order valence-electron chi connectivity index (χ2n) is 3.26. The molecule has 94 valence electrons. The topological polar surface area (TPSA) is 123 Å². The molecule has 18 heavy (non-hydrogen) atoms. The third-order valence-electron chi connectivity index (χ3n) is 2.18. The summed E-state index contributed by atoms with van der Waals surface area (Å²) in [7, 11) is 0.798. The van der Waals surface area contributed by atoms with E-state index in [1.807, 2.05) is 0 Å². The van der Waals surface area contributed by atoms with Gasteiger partial charge in [0.15, 0.2) is 4.90 Å². The number of hydrogen-bond acceptors (Lipinski definition) is 6. The molecule has 0 atom stereocenters. The lowest BCUT2D eigenvalue weighted by Gasteiger charge is -2.01. The highest BCUT2D eigenvalue weighted by Crippen LogP contribution is 2.29. The maximum absolute atomic E-state index is 11.4. The maximum Gasteiger partial charge on any atom is 0.290 e. The molecule has 0 saturated heterocycles. The van der Waals surface area contributed by atoms with E-state index >= 15 is 0 Å². The number of hydrogen-bond donors (Lipinski definition) is 1. The number of nitro benzene ring substituents is 1. The zero-order valence-corrected chi connectivity index (χ0v) is 10.0. The Kier molecular flexibility index (Phi) is 2.79. The normalized spacial score (nSPS) is 11.6. The van der Waals surface area contributed by atoms with E-state index in [0.29, 0.717) is 0 Å². The molecular weight excluding hydrogens is 286 g/mol. The van der Waals surface area contributed by atoms with E-state index < -0.39 is 30.1 Å². The quantitative estimate of drug-likeness (QED) is 0.494. The fourth-order valence-corrected chi connectivity index (χ4v) is 2.43. The van der Waals surface area contributed by atoms with Gasteiger partial charge in [0.2, 0.25) is 0 Å². The molecule has 0 fully saturated rings.